The van der Waals surface area contributed by atoms with Crippen LogP contribution in [0.15, 0.2) is 29.2 Å². The summed E-state index contributed by atoms with van der Waals surface area (Å²) < 4.78 is 0. The summed E-state index contributed by atoms with van der Waals surface area (Å²) in [6.45, 7) is 0.843. The van der Waals surface area contributed by atoms with Gasteiger partial charge in [-0.25, -0.2) is 0 Å². The van der Waals surface area contributed by atoms with Crippen molar-refractivity contribution >= 4 is 23.6 Å². The molecule has 1 amide bonds. The predicted octanol–water partition coefficient (Wildman–Crippen LogP) is 1.96. The van der Waals surface area contributed by atoms with Crippen LogP contribution in [-0.2, 0) is 4.79 Å². The number of carbonyl (C=O) groups excluding carboxylic acids is 1. The Kier molecular flexibility index (Phi) is 3.91. The maximum Gasteiger partial charge on any atom is 0.308 e. The number of carbonyl (C=O) groups is 2. The summed E-state index contributed by atoms with van der Waals surface area (Å²) in [5, 5.41) is 8.94. The Labute approximate surface area is 110 Å². The molecular weight excluding hydrogens is 250 g/mol. The van der Waals surface area contributed by atoms with Crippen LogP contribution in [0.25, 0.3) is 0 Å². The second kappa shape index (κ2) is 5.44. The van der Waals surface area contributed by atoms with Gasteiger partial charge in [0.2, 0.25) is 0 Å². The number of benzene rings is 1. The highest BCUT2D eigenvalue weighted by molar-refractivity contribution is 7.98. The molecular formula is C13H15NO3S. The summed E-state index contributed by atoms with van der Waals surface area (Å²) in [6.07, 6.45) is 2.47. The second-order valence-electron chi connectivity index (χ2n) is 4.28. The quantitative estimate of drug-likeness (QED) is 0.849. The molecule has 96 valence electrons. The monoisotopic (exact) mass is 265 g/mol. The molecule has 0 spiro atoms. The Balaban J connectivity index is 2.15. The lowest BCUT2D eigenvalue weighted by atomic mass is 10.1. The van der Waals surface area contributed by atoms with E-state index in [0.717, 1.165) is 4.90 Å². The third-order valence-corrected chi connectivity index (χ3v) is 3.96. The van der Waals surface area contributed by atoms with E-state index in [4.69, 9.17) is 5.11 Å². The van der Waals surface area contributed by atoms with E-state index >= 15 is 0 Å². The molecule has 1 aliphatic heterocycles. The van der Waals surface area contributed by atoms with Gasteiger partial charge >= 0.3 is 5.97 Å². The number of thioether (sulfide) groups is 1. The zero-order valence-corrected chi connectivity index (χ0v) is 10.9. The first-order valence-corrected chi connectivity index (χ1v) is 7.01. The molecule has 1 saturated heterocycles. The number of hydrogen-bond donors (Lipinski definition) is 1. The van der Waals surface area contributed by atoms with Gasteiger partial charge in [0.1, 0.15) is 0 Å². The Morgan fingerprint density at radius 1 is 1.39 bits per heavy atom. The molecule has 1 unspecified atom stereocenters. The first-order chi connectivity index (χ1) is 8.63. The van der Waals surface area contributed by atoms with Gasteiger partial charge in [-0.1, -0.05) is 12.1 Å². The highest BCUT2D eigenvalue weighted by Gasteiger charge is 2.31. The number of amides is 1. The lowest BCUT2D eigenvalue weighted by Crippen LogP contribution is -2.30. The maximum absolute atomic E-state index is 12.3. The van der Waals surface area contributed by atoms with Crippen LogP contribution in [0.5, 0.6) is 0 Å². The molecule has 1 heterocycles. The first-order valence-electron chi connectivity index (χ1n) is 5.78. The molecule has 1 atom stereocenters. The lowest BCUT2D eigenvalue weighted by molar-refractivity contribution is -0.141. The van der Waals surface area contributed by atoms with Crippen molar-refractivity contribution in [3.8, 4) is 0 Å². The SMILES string of the molecule is CSc1ccccc1C(=O)N1CCC(C(=O)O)C1. The minimum atomic E-state index is -0.816. The van der Waals surface area contributed by atoms with Crippen LogP contribution in [0.2, 0.25) is 0 Å². The van der Waals surface area contributed by atoms with E-state index in [1.165, 1.54) is 11.8 Å². The smallest absolute Gasteiger partial charge is 0.308 e. The molecule has 18 heavy (non-hydrogen) atoms. The van der Waals surface area contributed by atoms with E-state index in [2.05, 4.69) is 0 Å². The highest BCUT2D eigenvalue weighted by Crippen LogP contribution is 2.24. The molecule has 0 radical (unpaired) electrons. The lowest BCUT2D eigenvalue weighted by Gasteiger charge is -2.17. The van der Waals surface area contributed by atoms with Crippen LogP contribution in [-0.4, -0.2) is 41.2 Å². The zero-order chi connectivity index (χ0) is 13.1. The van der Waals surface area contributed by atoms with Crippen molar-refractivity contribution in [3.63, 3.8) is 0 Å². The fourth-order valence-electron chi connectivity index (χ4n) is 2.14. The zero-order valence-electron chi connectivity index (χ0n) is 10.1. The summed E-state index contributed by atoms with van der Waals surface area (Å²) in [4.78, 5) is 25.8. The molecule has 2 rings (SSSR count). The van der Waals surface area contributed by atoms with Crippen LogP contribution in [0.3, 0.4) is 0 Å². The molecule has 1 aliphatic rings. The van der Waals surface area contributed by atoms with E-state index in [1.807, 2.05) is 24.5 Å². The van der Waals surface area contributed by atoms with Crippen molar-refractivity contribution in [2.75, 3.05) is 19.3 Å². The largest absolute Gasteiger partial charge is 0.481 e. The number of carboxylic acid groups (broad SMARTS) is 1. The summed E-state index contributed by atoms with van der Waals surface area (Å²) in [6, 6.07) is 7.43. The van der Waals surface area contributed by atoms with Gasteiger partial charge in [0.25, 0.3) is 5.91 Å². The van der Waals surface area contributed by atoms with Crippen molar-refractivity contribution in [2.24, 2.45) is 5.92 Å². The van der Waals surface area contributed by atoms with Gasteiger partial charge in [-0.2, -0.15) is 0 Å². The van der Waals surface area contributed by atoms with Gasteiger partial charge in [0.15, 0.2) is 0 Å². The summed E-state index contributed by atoms with van der Waals surface area (Å²) in [5.41, 5.74) is 0.663. The van der Waals surface area contributed by atoms with Crippen molar-refractivity contribution in [3.05, 3.63) is 29.8 Å². The summed E-state index contributed by atoms with van der Waals surface area (Å²) in [7, 11) is 0. The topological polar surface area (TPSA) is 57.6 Å². The van der Waals surface area contributed by atoms with E-state index in [0.29, 0.717) is 25.1 Å². The number of nitrogens with zero attached hydrogens (tertiary/aromatic N) is 1. The fourth-order valence-corrected chi connectivity index (χ4v) is 2.73. The van der Waals surface area contributed by atoms with Crippen LogP contribution in [0.4, 0.5) is 0 Å². The van der Waals surface area contributed by atoms with Gasteiger partial charge in [0, 0.05) is 18.0 Å². The van der Waals surface area contributed by atoms with Gasteiger partial charge < -0.3 is 10.0 Å². The first kappa shape index (κ1) is 13.0. The molecule has 5 heteroatoms. The molecule has 0 saturated carbocycles. The Hall–Kier alpha value is -1.49. The van der Waals surface area contributed by atoms with Crippen molar-refractivity contribution in [1.29, 1.82) is 0 Å². The molecule has 0 aliphatic carbocycles. The number of aliphatic carboxylic acids is 1. The Morgan fingerprint density at radius 3 is 2.72 bits per heavy atom. The van der Waals surface area contributed by atoms with E-state index in [9.17, 15) is 9.59 Å². The predicted molar refractivity (Wildman–Crippen MR) is 69.9 cm³/mol. The van der Waals surface area contributed by atoms with Gasteiger partial charge in [-0.3, -0.25) is 9.59 Å². The van der Waals surface area contributed by atoms with Crippen molar-refractivity contribution in [1.82, 2.24) is 4.90 Å². The number of likely N-dealkylation sites (tertiary alicyclic amines) is 1. The minimum Gasteiger partial charge on any atom is -0.481 e. The highest BCUT2D eigenvalue weighted by atomic mass is 32.2. The summed E-state index contributed by atoms with van der Waals surface area (Å²) in [5.74, 6) is -1.30. The van der Waals surface area contributed by atoms with E-state index in [1.54, 1.807) is 11.0 Å². The van der Waals surface area contributed by atoms with Crippen molar-refractivity contribution in [2.45, 2.75) is 11.3 Å². The average molecular weight is 265 g/mol. The average Bonchev–Trinajstić information content (AvgIpc) is 2.87. The molecule has 1 aromatic rings. The maximum atomic E-state index is 12.3. The standard InChI is InChI=1S/C13H15NO3S/c1-18-11-5-3-2-4-10(11)12(15)14-7-6-9(8-14)13(16)17/h2-5,9H,6-8H2,1H3,(H,16,17). The van der Waals surface area contributed by atoms with Gasteiger partial charge in [-0.15, -0.1) is 11.8 Å². The molecule has 1 fully saturated rings. The molecule has 0 bridgehead atoms. The summed E-state index contributed by atoms with van der Waals surface area (Å²) >= 11 is 1.53. The number of rotatable bonds is 3. The molecule has 1 aromatic carbocycles. The molecule has 0 aromatic heterocycles. The van der Waals surface area contributed by atoms with Crippen LogP contribution >= 0.6 is 11.8 Å². The van der Waals surface area contributed by atoms with Gasteiger partial charge in [-0.05, 0) is 24.8 Å². The Bertz CT molecular complexity index is 475. The third kappa shape index (κ3) is 2.51. The number of carboxylic acids is 1. The number of hydrogen-bond acceptors (Lipinski definition) is 3. The van der Waals surface area contributed by atoms with Crippen LogP contribution in [0, 0.1) is 5.92 Å². The van der Waals surface area contributed by atoms with Crippen molar-refractivity contribution < 1.29 is 14.7 Å². The van der Waals surface area contributed by atoms with E-state index in [-0.39, 0.29) is 5.91 Å². The normalized spacial score (nSPS) is 18.9. The van der Waals surface area contributed by atoms with Crippen LogP contribution < -0.4 is 0 Å². The second-order valence-corrected chi connectivity index (χ2v) is 5.12. The van der Waals surface area contributed by atoms with E-state index < -0.39 is 11.9 Å². The minimum absolute atomic E-state index is 0.0660. The molecule has 4 nitrogen and oxygen atoms in total. The third-order valence-electron chi connectivity index (χ3n) is 3.16. The fraction of sp³-hybridized carbons (Fsp3) is 0.385. The van der Waals surface area contributed by atoms with Gasteiger partial charge in [0.05, 0.1) is 11.5 Å². The molecule has 1 N–H and O–H groups in total. The van der Waals surface area contributed by atoms with Crippen LogP contribution in [0.1, 0.15) is 16.8 Å². The Morgan fingerprint density at radius 2 is 2.11 bits per heavy atom.